The Morgan fingerprint density at radius 1 is 0.931 bits per heavy atom. The van der Waals surface area contributed by atoms with Gasteiger partial charge in [-0.05, 0) is 47.7 Å². The van der Waals surface area contributed by atoms with Gasteiger partial charge in [0.05, 0.1) is 11.5 Å². The average Bonchev–Trinajstić information content (AvgIpc) is 3.56. The van der Waals surface area contributed by atoms with Crippen molar-refractivity contribution in [1.82, 2.24) is 0 Å². The number of ketones is 1. The van der Waals surface area contributed by atoms with E-state index in [0.29, 0.717) is 17.1 Å². The van der Waals surface area contributed by atoms with Crippen LogP contribution in [-0.2, 0) is 4.79 Å². The molecule has 3 aromatic rings. The predicted octanol–water partition coefficient (Wildman–Crippen LogP) is 5.29. The molecule has 0 spiro atoms. The van der Waals surface area contributed by atoms with Crippen LogP contribution in [0, 0.1) is 5.92 Å². The summed E-state index contributed by atoms with van der Waals surface area (Å²) in [4.78, 5) is 24.5. The average molecular weight is 382 g/mol. The maximum Gasteiger partial charge on any atom is 0.314 e. The Bertz CT molecular complexity index is 1120. The first-order valence-electron chi connectivity index (χ1n) is 9.63. The van der Waals surface area contributed by atoms with Gasteiger partial charge in [-0.2, -0.15) is 0 Å². The van der Waals surface area contributed by atoms with Crippen molar-refractivity contribution in [3.8, 4) is 22.6 Å². The molecule has 0 atom stereocenters. The van der Waals surface area contributed by atoms with Gasteiger partial charge in [0.25, 0.3) is 0 Å². The van der Waals surface area contributed by atoms with Crippen molar-refractivity contribution >= 4 is 17.8 Å². The minimum Gasteiger partial charge on any atom is -0.452 e. The van der Waals surface area contributed by atoms with Crippen LogP contribution in [0.25, 0.3) is 17.2 Å². The van der Waals surface area contributed by atoms with E-state index in [-0.39, 0.29) is 23.4 Å². The van der Waals surface area contributed by atoms with Gasteiger partial charge in [0.1, 0.15) is 11.5 Å². The third-order valence-corrected chi connectivity index (χ3v) is 5.09. The molecule has 1 saturated carbocycles. The molecule has 0 unspecified atom stereocenters. The van der Waals surface area contributed by atoms with Gasteiger partial charge in [-0.1, -0.05) is 54.6 Å². The highest BCUT2D eigenvalue weighted by atomic mass is 16.5. The summed E-state index contributed by atoms with van der Waals surface area (Å²) in [6, 6.07) is 22.9. The molecule has 2 aliphatic rings. The standard InChI is InChI=1S/C25H18O4/c26-24-21-13-12-20(28-25(27)19-10-11-19)15-22(21)29-23(24)14-16-6-8-18(9-7-16)17-4-2-1-3-5-17/h1-9,12-15,19H,10-11H2/b23-14+. The lowest BCUT2D eigenvalue weighted by atomic mass is 10.0. The van der Waals surface area contributed by atoms with E-state index in [1.54, 1.807) is 24.3 Å². The monoisotopic (exact) mass is 382 g/mol. The maximum atomic E-state index is 12.6. The number of esters is 1. The summed E-state index contributed by atoms with van der Waals surface area (Å²) in [7, 11) is 0. The lowest BCUT2D eigenvalue weighted by Crippen LogP contribution is -2.09. The number of hydrogen-bond donors (Lipinski definition) is 0. The van der Waals surface area contributed by atoms with Gasteiger partial charge in [-0.15, -0.1) is 0 Å². The van der Waals surface area contributed by atoms with Crippen LogP contribution in [0.5, 0.6) is 11.5 Å². The molecule has 1 aliphatic heterocycles. The number of ether oxygens (including phenoxy) is 2. The molecule has 3 aromatic carbocycles. The summed E-state index contributed by atoms with van der Waals surface area (Å²) in [6.45, 7) is 0. The number of Topliss-reactive ketones (excluding diaryl/α,β-unsaturated/α-hetero) is 1. The number of carbonyl (C=O) groups is 2. The number of hydrogen-bond acceptors (Lipinski definition) is 4. The van der Waals surface area contributed by atoms with Crippen LogP contribution in [0.1, 0.15) is 28.8 Å². The Kier molecular flexibility index (Phi) is 4.24. The van der Waals surface area contributed by atoms with E-state index in [0.717, 1.165) is 29.5 Å². The van der Waals surface area contributed by atoms with E-state index >= 15 is 0 Å². The zero-order valence-electron chi connectivity index (χ0n) is 15.6. The SMILES string of the molecule is O=C1/C(=C\c2ccc(-c3ccccc3)cc2)Oc2cc(OC(=O)C3CC3)ccc21. The number of fused-ring (bicyclic) bond motifs is 1. The highest BCUT2D eigenvalue weighted by molar-refractivity contribution is 6.14. The minimum absolute atomic E-state index is 0.0140. The summed E-state index contributed by atoms with van der Waals surface area (Å²) >= 11 is 0. The smallest absolute Gasteiger partial charge is 0.314 e. The van der Waals surface area contributed by atoms with Crippen molar-refractivity contribution in [2.45, 2.75) is 12.8 Å². The summed E-state index contributed by atoms with van der Waals surface area (Å²) in [5.74, 6) is 0.708. The summed E-state index contributed by atoms with van der Waals surface area (Å²) in [5.41, 5.74) is 3.60. The first-order valence-corrected chi connectivity index (χ1v) is 9.63. The number of carbonyl (C=O) groups excluding carboxylic acids is 2. The summed E-state index contributed by atoms with van der Waals surface area (Å²) < 4.78 is 11.1. The maximum absolute atomic E-state index is 12.6. The van der Waals surface area contributed by atoms with Crippen LogP contribution < -0.4 is 9.47 Å². The topological polar surface area (TPSA) is 52.6 Å². The lowest BCUT2D eigenvalue weighted by Gasteiger charge is -2.04. The Balaban J connectivity index is 1.35. The molecule has 4 heteroatoms. The summed E-state index contributed by atoms with van der Waals surface area (Å²) in [5, 5.41) is 0. The highest BCUT2D eigenvalue weighted by Crippen LogP contribution is 2.36. The van der Waals surface area contributed by atoms with Crippen LogP contribution >= 0.6 is 0 Å². The molecule has 0 amide bonds. The Labute approximate surface area is 168 Å². The van der Waals surface area contributed by atoms with Gasteiger partial charge in [0, 0.05) is 6.07 Å². The fourth-order valence-electron chi connectivity index (χ4n) is 3.30. The van der Waals surface area contributed by atoms with Gasteiger partial charge in [0.2, 0.25) is 5.78 Å². The molecular formula is C25H18O4. The number of benzene rings is 3. The van der Waals surface area contributed by atoms with Crippen LogP contribution in [0.15, 0.2) is 78.6 Å². The van der Waals surface area contributed by atoms with Crippen molar-refractivity contribution < 1.29 is 19.1 Å². The fraction of sp³-hybridized carbons (Fsp3) is 0.120. The van der Waals surface area contributed by atoms with Gasteiger partial charge in [0.15, 0.2) is 5.76 Å². The molecule has 0 radical (unpaired) electrons. The normalized spacial score (nSPS) is 16.4. The molecule has 0 saturated heterocycles. The van der Waals surface area contributed by atoms with Crippen molar-refractivity contribution in [1.29, 1.82) is 0 Å². The van der Waals surface area contributed by atoms with Crippen molar-refractivity contribution in [2.75, 3.05) is 0 Å². The zero-order valence-corrected chi connectivity index (χ0v) is 15.6. The molecule has 29 heavy (non-hydrogen) atoms. The summed E-state index contributed by atoms with van der Waals surface area (Å²) in [6.07, 6.45) is 3.50. The fourth-order valence-corrected chi connectivity index (χ4v) is 3.30. The van der Waals surface area contributed by atoms with E-state index in [1.165, 1.54) is 0 Å². The number of allylic oxidation sites excluding steroid dienone is 1. The second kappa shape index (κ2) is 7.06. The molecule has 5 rings (SSSR count). The van der Waals surface area contributed by atoms with Crippen molar-refractivity contribution in [2.24, 2.45) is 5.92 Å². The van der Waals surface area contributed by atoms with Crippen molar-refractivity contribution in [3.63, 3.8) is 0 Å². The third kappa shape index (κ3) is 3.57. The quantitative estimate of drug-likeness (QED) is 0.350. The minimum atomic E-state index is -0.219. The second-order valence-electron chi connectivity index (χ2n) is 7.28. The first kappa shape index (κ1) is 17.4. The third-order valence-electron chi connectivity index (χ3n) is 5.09. The second-order valence-corrected chi connectivity index (χ2v) is 7.28. The molecule has 4 nitrogen and oxygen atoms in total. The molecule has 0 aromatic heterocycles. The van der Waals surface area contributed by atoms with Crippen LogP contribution in [-0.4, -0.2) is 11.8 Å². The zero-order chi connectivity index (χ0) is 19.8. The van der Waals surface area contributed by atoms with E-state index < -0.39 is 0 Å². The van der Waals surface area contributed by atoms with E-state index in [2.05, 4.69) is 12.1 Å². The molecular weight excluding hydrogens is 364 g/mol. The van der Waals surface area contributed by atoms with Crippen LogP contribution in [0.3, 0.4) is 0 Å². The lowest BCUT2D eigenvalue weighted by molar-refractivity contribution is -0.135. The van der Waals surface area contributed by atoms with Crippen molar-refractivity contribution in [3.05, 3.63) is 89.7 Å². The van der Waals surface area contributed by atoms with Crippen LogP contribution in [0.2, 0.25) is 0 Å². The van der Waals surface area contributed by atoms with Gasteiger partial charge in [-0.25, -0.2) is 0 Å². The highest BCUT2D eigenvalue weighted by Gasteiger charge is 2.32. The van der Waals surface area contributed by atoms with Gasteiger partial charge < -0.3 is 9.47 Å². The van der Waals surface area contributed by atoms with E-state index in [4.69, 9.17) is 9.47 Å². The number of rotatable bonds is 4. The largest absolute Gasteiger partial charge is 0.452 e. The molecule has 0 bridgehead atoms. The van der Waals surface area contributed by atoms with Gasteiger partial charge >= 0.3 is 5.97 Å². The molecule has 1 heterocycles. The Morgan fingerprint density at radius 3 is 2.38 bits per heavy atom. The Hall–Kier alpha value is -3.66. The first-order chi connectivity index (χ1) is 14.2. The molecule has 0 N–H and O–H groups in total. The predicted molar refractivity (Wildman–Crippen MR) is 110 cm³/mol. The van der Waals surface area contributed by atoms with E-state index in [9.17, 15) is 9.59 Å². The van der Waals surface area contributed by atoms with Crippen LogP contribution in [0.4, 0.5) is 0 Å². The molecule has 1 fully saturated rings. The molecule has 1 aliphatic carbocycles. The van der Waals surface area contributed by atoms with E-state index in [1.807, 2.05) is 42.5 Å². The Morgan fingerprint density at radius 2 is 1.66 bits per heavy atom. The molecule has 142 valence electrons. The van der Waals surface area contributed by atoms with Gasteiger partial charge in [-0.3, -0.25) is 9.59 Å².